The van der Waals surface area contributed by atoms with Gasteiger partial charge < -0.3 is 4.90 Å². The molecule has 6 nitrogen and oxygen atoms in total. The van der Waals surface area contributed by atoms with Crippen molar-refractivity contribution < 1.29 is 17.6 Å². The van der Waals surface area contributed by atoms with Crippen molar-refractivity contribution in [2.24, 2.45) is 0 Å². The third kappa shape index (κ3) is 4.80. The Bertz CT molecular complexity index is 737. The smallest absolute Gasteiger partial charge is 0.243 e. The highest BCUT2D eigenvalue weighted by Gasteiger charge is 2.35. The van der Waals surface area contributed by atoms with Gasteiger partial charge in [-0.1, -0.05) is 13.3 Å². The normalized spacial score (nSPS) is 22.3. The summed E-state index contributed by atoms with van der Waals surface area (Å²) in [5.74, 6) is -0.349. The van der Waals surface area contributed by atoms with Gasteiger partial charge in [0.15, 0.2) is 0 Å². The molecule has 2 fully saturated rings. The van der Waals surface area contributed by atoms with Crippen LogP contribution in [0.1, 0.15) is 26.2 Å². The molecule has 0 radical (unpaired) electrons. The van der Waals surface area contributed by atoms with Gasteiger partial charge in [-0.3, -0.25) is 9.69 Å². The van der Waals surface area contributed by atoms with Gasteiger partial charge in [-0.15, -0.1) is 12.4 Å². The zero-order chi connectivity index (χ0) is 18.7. The summed E-state index contributed by atoms with van der Waals surface area (Å²) in [5, 5.41) is 0. The first-order valence-corrected chi connectivity index (χ1v) is 10.7. The Morgan fingerprint density at radius 3 is 2.30 bits per heavy atom. The second-order valence-corrected chi connectivity index (χ2v) is 8.76. The number of nitrogens with zero attached hydrogens (tertiary/aromatic N) is 3. The molecular formula is C18H27ClFN3O3S. The van der Waals surface area contributed by atoms with Crippen molar-refractivity contribution >= 4 is 28.3 Å². The lowest BCUT2D eigenvalue weighted by molar-refractivity contribution is -0.139. The summed E-state index contributed by atoms with van der Waals surface area (Å²) in [5.41, 5.74) is 0. The van der Waals surface area contributed by atoms with Gasteiger partial charge >= 0.3 is 0 Å². The van der Waals surface area contributed by atoms with E-state index in [9.17, 15) is 17.6 Å². The summed E-state index contributed by atoms with van der Waals surface area (Å²) in [7, 11) is -3.65. The van der Waals surface area contributed by atoms with Crippen LogP contribution in [0.25, 0.3) is 0 Å². The number of rotatable bonds is 4. The molecule has 2 saturated heterocycles. The molecule has 3 rings (SSSR count). The molecule has 1 aromatic carbocycles. The molecule has 0 saturated carbocycles. The van der Waals surface area contributed by atoms with E-state index in [-0.39, 0.29) is 42.3 Å². The lowest BCUT2D eigenvalue weighted by Crippen LogP contribution is -2.56. The Morgan fingerprint density at radius 1 is 1.07 bits per heavy atom. The van der Waals surface area contributed by atoms with Crippen LogP contribution in [0, 0.1) is 5.82 Å². The molecule has 2 aliphatic heterocycles. The lowest BCUT2D eigenvalue weighted by atomic mass is 10.0. The molecule has 27 heavy (non-hydrogen) atoms. The standard InChI is InChI=1S/C18H26FN3O3S.ClH/c1-2-20-10-4-3-5-17(20)18(23)21-11-13-22(14-12-21)26(24,25)16-8-6-15(19)7-9-16;/h6-9,17H,2-5,10-14H2,1H3;1H. The van der Waals surface area contributed by atoms with Crippen LogP contribution in [-0.2, 0) is 14.8 Å². The van der Waals surface area contributed by atoms with E-state index in [1.165, 1.54) is 16.4 Å². The third-order valence-electron chi connectivity index (χ3n) is 5.31. The Labute approximate surface area is 166 Å². The summed E-state index contributed by atoms with van der Waals surface area (Å²) in [6.07, 6.45) is 3.06. The fraction of sp³-hybridized carbons (Fsp3) is 0.611. The van der Waals surface area contributed by atoms with E-state index in [0.29, 0.717) is 13.1 Å². The quantitative estimate of drug-likeness (QED) is 0.748. The Balaban J connectivity index is 0.00000261. The van der Waals surface area contributed by atoms with Gasteiger partial charge in [-0.05, 0) is 50.2 Å². The van der Waals surface area contributed by atoms with E-state index in [4.69, 9.17) is 0 Å². The second kappa shape index (κ2) is 9.32. The minimum absolute atomic E-state index is 0. The SMILES string of the molecule is CCN1CCCCC1C(=O)N1CCN(S(=O)(=O)c2ccc(F)cc2)CC1.Cl. The van der Waals surface area contributed by atoms with E-state index in [2.05, 4.69) is 11.8 Å². The maximum Gasteiger partial charge on any atom is 0.243 e. The molecule has 2 heterocycles. The van der Waals surface area contributed by atoms with Crippen LogP contribution in [0.3, 0.4) is 0 Å². The molecule has 0 N–H and O–H groups in total. The Morgan fingerprint density at radius 2 is 1.70 bits per heavy atom. The number of hydrogen-bond donors (Lipinski definition) is 0. The fourth-order valence-corrected chi connectivity index (χ4v) is 5.19. The van der Waals surface area contributed by atoms with Crippen molar-refractivity contribution in [2.45, 2.75) is 37.1 Å². The van der Waals surface area contributed by atoms with Crippen LogP contribution in [-0.4, -0.2) is 73.7 Å². The van der Waals surface area contributed by atoms with E-state index in [1.54, 1.807) is 4.90 Å². The van der Waals surface area contributed by atoms with E-state index in [1.807, 2.05) is 0 Å². The summed E-state index contributed by atoms with van der Waals surface area (Å²) in [4.78, 5) is 16.9. The van der Waals surface area contributed by atoms with Gasteiger partial charge in [0.05, 0.1) is 10.9 Å². The maximum atomic E-state index is 13.0. The molecule has 1 atom stereocenters. The van der Waals surface area contributed by atoms with Crippen molar-refractivity contribution in [2.75, 3.05) is 39.3 Å². The number of likely N-dealkylation sites (N-methyl/N-ethyl adjacent to an activating group) is 1. The zero-order valence-electron chi connectivity index (χ0n) is 15.5. The molecule has 0 aromatic heterocycles. The molecule has 1 unspecified atom stereocenters. The van der Waals surface area contributed by atoms with Crippen molar-refractivity contribution in [3.05, 3.63) is 30.1 Å². The highest BCUT2D eigenvalue weighted by Crippen LogP contribution is 2.21. The molecule has 2 aliphatic rings. The molecule has 9 heteroatoms. The number of hydrogen-bond acceptors (Lipinski definition) is 4. The Kier molecular flexibility index (Phi) is 7.62. The number of carbonyl (C=O) groups excluding carboxylic acids is 1. The van der Waals surface area contributed by atoms with Crippen molar-refractivity contribution in [3.63, 3.8) is 0 Å². The van der Waals surface area contributed by atoms with E-state index < -0.39 is 15.8 Å². The molecule has 152 valence electrons. The van der Waals surface area contributed by atoms with Gasteiger partial charge in [-0.25, -0.2) is 12.8 Å². The second-order valence-electron chi connectivity index (χ2n) is 6.82. The minimum Gasteiger partial charge on any atom is -0.339 e. The maximum absolute atomic E-state index is 13.0. The first kappa shape index (κ1) is 22.1. The summed E-state index contributed by atoms with van der Waals surface area (Å²) < 4.78 is 39.7. The van der Waals surface area contributed by atoms with Crippen molar-refractivity contribution in [1.29, 1.82) is 0 Å². The number of halogens is 2. The minimum atomic E-state index is -3.65. The number of carbonyl (C=O) groups is 1. The largest absolute Gasteiger partial charge is 0.339 e. The third-order valence-corrected chi connectivity index (χ3v) is 7.22. The summed E-state index contributed by atoms with van der Waals surface area (Å²) >= 11 is 0. The predicted molar refractivity (Wildman–Crippen MR) is 104 cm³/mol. The monoisotopic (exact) mass is 419 g/mol. The van der Waals surface area contributed by atoms with Crippen LogP contribution in [0.2, 0.25) is 0 Å². The van der Waals surface area contributed by atoms with Gasteiger partial charge in [0, 0.05) is 26.2 Å². The number of benzene rings is 1. The zero-order valence-corrected chi connectivity index (χ0v) is 17.1. The first-order valence-electron chi connectivity index (χ1n) is 9.22. The average molecular weight is 420 g/mol. The average Bonchev–Trinajstić information content (AvgIpc) is 2.68. The Hall–Kier alpha value is -1.22. The van der Waals surface area contributed by atoms with E-state index in [0.717, 1.165) is 44.5 Å². The highest BCUT2D eigenvalue weighted by molar-refractivity contribution is 7.89. The molecule has 1 aromatic rings. The van der Waals surface area contributed by atoms with Gasteiger partial charge in [-0.2, -0.15) is 4.31 Å². The topological polar surface area (TPSA) is 60.9 Å². The molecule has 0 spiro atoms. The van der Waals surface area contributed by atoms with Crippen LogP contribution in [0.15, 0.2) is 29.2 Å². The van der Waals surface area contributed by atoms with Crippen LogP contribution in [0.4, 0.5) is 4.39 Å². The summed E-state index contributed by atoms with van der Waals surface area (Å²) in [6, 6.07) is 4.78. The molecule has 1 amide bonds. The van der Waals surface area contributed by atoms with Crippen molar-refractivity contribution in [1.82, 2.24) is 14.1 Å². The van der Waals surface area contributed by atoms with Crippen LogP contribution >= 0.6 is 12.4 Å². The summed E-state index contributed by atoms with van der Waals surface area (Å²) in [6.45, 7) is 5.20. The molecule has 0 bridgehead atoms. The first-order chi connectivity index (χ1) is 12.4. The molecular weight excluding hydrogens is 393 g/mol. The number of piperazine rings is 1. The number of amides is 1. The van der Waals surface area contributed by atoms with Crippen LogP contribution in [0.5, 0.6) is 0 Å². The van der Waals surface area contributed by atoms with Gasteiger partial charge in [0.1, 0.15) is 5.82 Å². The van der Waals surface area contributed by atoms with Gasteiger partial charge in [0.25, 0.3) is 0 Å². The van der Waals surface area contributed by atoms with Crippen LogP contribution < -0.4 is 0 Å². The van der Waals surface area contributed by atoms with Gasteiger partial charge in [0.2, 0.25) is 15.9 Å². The van der Waals surface area contributed by atoms with E-state index >= 15 is 0 Å². The highest BCUT2D eigenvalue weighted by atomic mass is 35.5. The lowest BCUT2D eigenvalue weighted by Gasteiger charge is -2.40. The van der Waals surface area contributed by atoms with Crippen molar-refractivity contribution in [3.8, 4) is 0 Å². The number of likely N-dealkylation sites (tertiary alicyclic amines) is 1. The number of sulfonamides is 1. The number of piperidine rings is 1. The molecule has 0 aliphatic carbocycles. The fourth-order valence-electron chi connectivity index (χ4n) is 3.76. The predicted octanol–water partition coefficient (Wildman–Crippen LogP) is 1.95.